The van der Waals surface area contributed by atoms with Gasteiger partial charge in [-0.1, -0.05) is 11.6 Å². The Morgan fingerprint density at radius 1 is 1.47 bits per heavy atom. The van der Waals surface area contributed by atoms with E-state index in [1.807, 2.05) is 31.2 Å². The average Bonchev–Trinajstić information content (AvgIpc) is 2.36. The lowest BCUT2D eigenvalue weighted by Crippen LogP contribution is -2.57. The van der Waals surface area contributed by atoms with Crippen molar-refractivity contribution in [1.82, 2.24) is 5.32 Å². The molecule has 1 aliphatic carbocycles. The molecule has 0 radical (unpaired) electrons. The van der Waals surface area contributed by atoms with Crippen molar-refractivity contribution in [3.63, 3.8) is 0 Å². The van der Waals surface area contributed by atoms with Crippen molar-refractivity contribution in [1.29, 1.82) is 0 Å². The predicted molar refractivity (Wildman–Crippen MR) is 78.6 cm³/mol. The van der Waals surface area contributed by atoms with Gasteiger partial charge >= 0.3 is 0 Å². The molecule has 1 aromatic carbocycles. The number of halogens is 1. The van der Waals surface area contributed by atoms with Crippen LogP contribution >= 0.6 is 23.4 Å². The number of carbonyl (C=O) groups excluding carboxylic acids is 1. The first-order chi connectivity index (χ1) is 9.04. The molecule has 1 unspecified atom stereocenters. The number of nitrogens with one attached hydrogen (secondary N) is 1. The van der Waals surface area contributed by atoms with Gasteiger partial charge in [-0.2, -0.15) is 0 Å². The van der Waals surface area contributed by atoms with Crippen molar-refractivity contribution in [2.45, 2.75) is 41.9 Å². The van der Waals surface area contributed by atoms with Gasteiger partial charge in [0.15, 0.2) is 0 Å². The maximum atomic E-state index is 12.1. The molecule has 2 N–H and O–H groups in total. The van der Waals surface area contributed by atoms with E-state index in [1.165, 1.54) is 11.8 Å². The highest BCUT2D eigenvalue weighted by Gasteiger charge is 2.38. The minimum Gasteiger partial charge on any atom is -0.394 e. The van der Waals surface area contributed by atoms with Crippen LogP contribution in [-0.2, 0) is 4.79 Å². The predicted octanol–water partition coefficient (Wildman–Crippen LogP) is 2.85. The summed E-state index contributed by atoms with van der Waals surface area (Å²) in [7, 11) is 0. The number of hydrogen-bond acceptors (Lipinski definition) is 3. The second kappa shape index (κ2) is 6.16. The first-order valence-electron chi connectivity index (χ1n) is 6.40. The second-order valence-corrected chi connectivity index (χ2v) is 6.85. The third-order valence-corrected chi connectivity index (χ3v) is 4.86. The summed E-state index contributed by atoms with van der Waals surface area (Å²) >= 11 is 7.32. The van der Waals surface area contributed by atoms with Crippen LogP contribution in [-0.4, -0.2) is 28.4 Å². The number of rotatable bonds is 5. The van der Waals surface area contributed by atoms with Gasteiger partial charge in [0.25, 0.3) is 0 Å². The lowest BCUT2D eigenvalue weighted by molar-refractivity contribution is -0.124. The van der Waals surface area contributed by atoms with Gasteiger partial charge in [0.05, 0.1) is 17.4 Å². The van der Waals surface area contributed by atoms with Gasteiger partial charge in [0, 0.05) is 9.92 Å². The van der Waals surface area contributed by atoms with Crippen LogP contribution < -0.4 is 5.32 Å². The standard InChI is InChI=1S/C14H18ClNO2S/c1-10(19-12-5-3-11(15)4-6-12)13(18)16-14(9-17)7-2-8-14/h3-6,10,17H,2,7-9H2,1H3,(H,16,18). The summed E-state index contributed by atoms with van der Waals surface area (Å²) in [4.78, 5) is 13.1. The molecule has 5 heteroatoms. The van der Waals surface area contributed by atoms with E-state index in [1.54, 1.807) is 0 Å². The molecule has 19 heavy (non-hydrogen) atoms. The minimum atomic E-state index is -0.369. The Balaban J connectivity index is 1.90. The topological polar surface area (TPSA) is 49.3 Å². The molecular weight excluding hydrogens is 282 g/mol. The molecule has 0 heterocycles. The van der Waals surface area contributed by atoms with Crippen molar-refractivity contribution in [2.75, 3.05) is 6.61 Å². The summed E-state index contributed by atoms with van der Waals surface area (Å²) in [6.45, 7) is 1.90. The normalized spacial score (nSPS) is 18.5. The number of benzene rings is 1. The molecule has 1 saturated carbocycles. The average molecular weight is 300 g/mol. The molecule has 0 aliphatic heterocycles. The molecule has 1 atom stereocenters. The van der Waals surface area contributed by atoms with Crippen LogP contribution in [0.25, 0.3) is 0 Å². The smallest absolute Gasteiger partial charge is 0.233 e. The molecule has 1 aliphatic rings. The molecule has 104 valence electrons. The van der Waals surface area contributed by atoms with Crippen LogP contribution in [0.5, 0.6) is 0 Å². The Hall–Kier alpha value is -0.710. The van der Waals surface area contributed by atoms with E-state index in [9.17, 15) is 9.90 Å². The van der Waals surface area contributed by atoms with E-state index in [0.29, 0.717) is 5.02 Å². The van der Waals surface area contributed by atoms with Gasteiger partial charge in [0.2, 0.25) is 5.91 Å². The van der Waals surface area contributed by atoms with Gasteiger partial charge < -0.3 is 10.4 Å². The number of carbonyl (C=O) groups is 1. The first-order valence-corrected chi connectivity index (χ1v) is 7.65. The largest absolute Gasteiger partial charge is 0.394 e. The zero-order chi connectivity index (χ0) is 13.9. The van der Waals surface area contributed by atoms with Crippen LogP contribution in [0, 0.1) is 0 Å². The van der Waals surface area contributed by atoms with Crippen molar-refractivity contribution < 1.29 is 9.90 Å². The molecule has 1 fully saturated rings. The summed E-state index contributed by atoms with van der Waals surface area (Å²) in [5.41, 5.74) is -0.369. The van der Waals surface area contributed by atoms with Gasteiger partial charge in [-0.15, -0.1) is 11.8 Å². The lowest BCUT2D eigenvalue weighted by atomic mass is 9.77. The second-order valence-electron chi connectivity index (χ2n) is 5.00. The van der Waals surface area contributed by atoms with E-state index in [0.717, 1.165) is 24.2 Å². The van der Waals surface area contributed by atoms with Crippen LogP contribution in [0.15, 0.2) is 29.2 Å². The molecule has 1 aromatic rings. The summed E-state index contributed by atoms with van der Waals surface area (Å²) in [5.74, 6) is -0.0197. The summed E-state index contributed by atoms with van der Waals surface area (Å²) in [5, 5.41) is 12.8. The fraction of sp³-hybridized carbons (Fsp3) is 0.500. The Labute approximate surface area is 122 Å². The Bertz CT molecular complexity index is 440. The lowest BCUT2D eigenvalue weighted by Gasteiger charge is -2.41. The summed E-state index contributed by atoms with van der Waals surface area (Å²) < 4.78 is 0. The SMILES string of the molecule is CC(Sc1ccc(Cl)cc1)C(=O)NC1(CO)CCC1. The molecule has 0 aromatic heterocycles. The van der Waals surface area contributed by atoms with Gasteiger partial charge in [-0.25, -0.2) is 0 Å². The highest BCUT2D eigenvalue weighted by Crippen LogP contribution is 2.32. The third kappa shape index (κ3) is 3.65. The van der Waals surface area contributed by atoms with E-state index >= 15 is 0 Å². The minimum absolute atomic E-state index is 0.0197. The Morgan fingerprint density at radius 2 is 2.11 bits per heavy atom. The number of aliphatic hydroxyl groups excluding tert-OH is 1. The highest BCUT2D eigenvalue weighted by molar-refractivity contribution is 8.00. The van der Waals surface area contributed by atoms with Crippen LogP contribution in [0.4, 0.5) is 0 Å². The molecule has 2 rings (SSSR count). The van der Waals surface area contributed by atoms with Gasteiger partial charge in [-0.05, 0) is 50.5 Å². The highest BCUT2D eigenvalue weighted by atomic mass is 35.5. The van der Waals surface area contributed by atoms with E-state index in [2.05, 4.69) is 5.32 Å². The number of aliphatic hydroxyl groups is 1. The van der Waals surface area contributed by atoms with Crippen molar-refractivity contribution >= 4 is 29.3 Å². The summed E-state index contributed by atoms with van der Waals surface area (Å²) in [6.07, 6.45) is 2.81. The maximum absolute atomic E-state index is 12.1. The van der Waals surface area contributed by atoms with Crippen LogP contribution in [0.3, 0.4) is 0 Å². The van der Waals surface area contributed by atoms with Crippen molar-refractivity contribution in [3.8, 4) is 0 Å². The third-order valence-electron chi connectivity index (χ3n) is 3.50. The number of thioether (sulfide) groups is 1. The number of amides is 1. The van der Waals surface area contributed by atoms with E-state index in [4.69, 9.17) is 11.6 Å². The van der Waals surface area contributed by atoms with E-state index in [-0.39, 0.29) is 23.3 Å². The molecule has 0 bridgehead atoms. The zero-order valence-electron chi connectivity index (χ0n) is 10.9. The quantitative estimate of drug-likeness (QED) is 0.822. The van der Waals surface area contributed by atoms with Crippen molar-refractivity contribution in [2.24, 2.45) is 0 Å². The van der Waals surface area contributed by atoms with Crippen LogP contribution in [0.1, 0.15) is 26.2 Å². The molecule has 0 spiro atoms. The molecular formula is C14H18ClNO2S. The fourth-order valence-corrected chi connectivity index (χ4v) is 3.05. The van der Waals surface area contributed by atoms with Crippen LogP contribution in [0.2, 0.25) is 5.02 Å². The molecule has 1 amide bonds. The Morgan fingerprint density at radius 3 is 2.58 bits per heavy atom. The number of hydrogen-bond donors (Lipinski definition) is 2. The molecule has 0 saturated heterocycles. The monoisotopic (exact) mass is 299 g/mol. The first kappa shape index (κ1) is 14.7. The van der Waals surface area contributed by atoms with Gasteiger partial charge in [0.1, 0.15) is 0 Å². The molecule has 3 nitrogen and oxygen atoms in total. The van der Waals surface area contributed by atoms with Gasteiger partial charge in [-0.3, -0.25) is 4.79 Å². The van der Waals surface area contributed by atoms with E-state index < -0.39 is 0 Å². The zero-order valence-corrected chi connectivity index (χ0v) is 12.4. The van der Waals surface area contributed by atoms with Crippen molar-refractivity contribution in [3.05, 3.63) is 29.3 Å². The maximum Gasteiger partial charge on any atom is 0.233 e. The summed E-state index contributed by atoms with van der Waals surface area (Å²) in [6, 6.07) is 7.44. The fourth-order valence-electron chi connectivity index (χ4n) is 2.06. The Kier molecular flexibility index (Phi) is 4.76.